The maximum absolute atomic E-state index is 13.9. The number of nitrogens with one attached hydrogen (secondary N) is 5. The average molecular weight is 1330 g/mol. The second kappa shape index (κ2) is 40.5. The highest BCUT2D eigenvalue weighted by Gasteiger charge is 2.56. The van der Waals surface area contributed by atoms with Crippen molar-refractivity contribution < 1.29 is 71.6 Å². The fourth-order valence-corrected chi connectivity index (χ4v) is 11.0. The van der Waals surface area contributed by atoms with Crippen molar-refractivity contribution in [1.29, 1.82) is 0 Å². The first kappa shape index (κ1) is 72.7. The van der Waals surface area contributed by atoms with Crippen molar-refractivity contribution in [3.63, 3.8) is 0 Å². The molecule has 1 saturated carbocycles. The molecule has 2 fully saturated rings. The molecule has 4 heterocycles. The van der Waals surface area contributed by atoms with Gasteiger partial charge in [0.05, 0.1) is 65.9 Å². The summed E-state index contributed by atoms with van der Waals surface area (Å²) in [5, 5.41) is 18.8. The number of Topliss-reactive ketones (excluding diaryl/α,β-unsaturated/α-hetero) is 1. The van der Waals surface area contributed by atoms with E-state index >= 15 is 0 Å². The number of pyridine rings is 1. The standard InChI is InChI=1S/C64H90BrN11O15/c1-44(77)62-48-35-45(23-25-50(48)75(74-62)41-60(82)76-51-36-46(51)37-52(76)63(84)73-54-20-18-19-53(65)72-54)47-38-68-55(69-39-47)40-70-59(81)43-91-34-32-89-30-28-67-58(80)42-90-33-31-88-29-27-66-56(78)26-24-49(64(85)87-3)71-57(79)21-16-14-12-10-8-6-4-5-7-9-11-13-15-17-22-61(83)86-2/h18-20,23,25,35,38-39,46,49,51-52H,4-17,21-22,24,26-34,36-37,40-43H2,1-3H3,(H,66,78)(H,67,80)(H,70,81)(H,71,79)(H,72,73,84)/t46-,49+,51-,52+/m1/s1. The SMILES string of the molecule is COC(=O)CCCCCCCCCCCCCCCCC(=O)N[C@@H](CCC(=O)NCCOCCOCC(=O)NCCOCCOCC(=O)NCc1ncc(-c2ccc3c(c2)c(C(C)=O)nn3CC(=O)N2[C@@H]3C[C@@H]3C[C@H]2C(=O)Nc2cccc(Br)n2)cn1)C(=O)OC. The molecule has 27 heteroatoms. The Morgan fingerprint density at radius 2 is 1.23 bits per heavy atom. The molecule has 0 bridgehead atoms. The normalized spacial score (nSPS) is 15.1. The van der Waals surface area contributed by atoms with Crippen molar-refractivity contribution in [2.45, 2.75) is 167 Å². The number of ketones is 1. The topological polar surface area (TPSA) is 329 Å². The molecule has 0 spiro atoms. The number of hydrogen-bond donors (Lipinski definition) is 5. The summed E-state index contributed by atoms with van der Waals surface area (Å²) in [6.07, 6.45) is 21.1. The number of fused-ring (bicyclic) bond motifs is 2. The molecule has 0 radical (unpaired) electrons. The van der Waals surface area contributed by atoms with Crippen LogP contribution in [-0.2, 0) is 79.9 Å². The lowest BCUT2D eigenvalue weighted by Crippen LogP contribution is -2.46. The number of anilines is 1. The zero-order valence-corrected chi connectivity index (χ0v) is 54.3. The summed E-state index contributed by atoms with van der Waals surface area (Å²) in [6.45, 7) is 2.43. The van der Waals surface area contributed by atoms with E-state index in [1.807, 2.05) is 6.07 Å². The number of piperidine rings is 1. The molecule has 2 aliphatic rings. The van der Waals surface area contributed by atoms with Gasteiger partial charge in [-0.2, -0.15) is 5.10 Å². The fourth-order valence-electron chi connectivity index (χ4n) is 10.7. The number of ether oxygens (including phenoxy) is 6. The van der Waals surface area contributed by atoms with Crippen molar-refractivity contribution in [2.75, 3.05) is 85.5 Å². The number of esters is 2. The fraction of sp³-hybridized carbons (Fsp3) is 0.609. The van der Waals surface area contributed by atoms with Crippen molar-refractivity contribution in [3.05, 3.63) is 64.9 Å². The van der Waals surface area contributed by atoms with Crippen molar-refractivity contribution in [1.82, 2.24) is 50.9 Å². The molecule has 0 unspecified atom stereocenters. The van der Waals surface area contributed by atoms with E-state index in [9.17, 15) is 43.2 Å². The number of carbonyl (C=O) groups excluding carboxylic acids is 9. The summed E-state index contributed by atoms with van der Waals surface area (Å²) in [5.74, 6) is -1.86. The van der Waals surface area contributed by atoms with Gasteiger partial charge in [-0.25, -0.2) is 19.7 Å². The highest BCUT2D eigenvalue weighted by Crippen LogP contribution is 2.48. The number of rotatable bonds is 46. The number of likely N-dealkylation sites (tertiary alicyclic amines) is 1. The van der Waals surface area contributed by atoms with Crippen molar-refractivity contribution in [3.8, 4) is 11.1 Å². The van der Waals surface area contributed by atoms with Crippen LogP contribution in [0.2, 0.25) is 0 Å². The molecular weight excluding hydrogens is 1240 g/mol. The van der Waals surface area contributed by atoms with Crippen LogP contribution in [0.5, 0.6) is 0 Å². The Labute approximate surface area is 540 Å². The molecular formula is C64H90BrN11O15. The molecule has 4 aromatic rings. The van der Waals surface area contributed by atoms with Crippen LogP contribution in [0.25, 0.3) is 22.0 Å². The van der Waals surface area contributed by atoms with Crippen LogP contribution in [-0.4, -0.2) is 181 Å². The lowest BCUT2D eigenvalue weighted by molar-refractivity contribution is -0.145. The molecule has 1 saturated heterocycles. The number of halogens is 1. The van der Waals surface area contributed by atoms with Crippen LogP contribution in [0.4, 0.5) is 5.82 Å². The highest BCUT2D eigenvalue weighted by molar-refractivity contribution is 9.10. The van der Waals surface area contributed by atoms with E-state index in [4.69, 9.17) is 23.7 Å². The molecule has 3 aromatic heterocycles. The zero-order chi connectivity index (χ0) is 65.2. The molecule has 91 heavy (non-hydrogen) atoms. The predicted molar refractivity (Wildman–Crippen MR) is 339 cm³/mol. The Kier molecular flexibility index (Phi) is 32.4. The first-order chi connectivity index (χ1) is 44.1. The van der Waals surface area contributed by atoms with Crippen LogP contribution in [0.3, 0.4) is 0 Å². The average Bonchev–Trinajstić information content (AvgIpc) is 1.60. The smallest absolute Gasteiger partial charge is 0.328 e. The minimum absolute atomic E-state index is 0.00515. The maximum atomic E-state index is 13.9. The van der Waals surface area contributed by atoms with Gasteiger partial charge in [-0.1, -0.05) is 89.2 Å². The minimum atomic E-state index is -0.922. The van der Waals surface area contributed by atoms with Gasteiger partial charge < -0.3 is 59.9 Å². The van der Waals surface area contributed by atoms with Gasteiger partial charge in [-0.05, 0) is 83.8 Å². The third kappa shape index (κ3) is 26.4. The number of benzene rings is 1. The molecule has 6 amide bonds. The summed E-state index contributed by atoms with van der Waals surface area (Å²) in [4.78, 5) is 128. The molecule has 4 atom stereocenters. The molecule has 1 aliphatic heterocycles. The molecule has 1 aliphatic carbocycles. The third-order valence-electron chi connectivity index (χ3n) is 15.6. The summed E-state index contributed by atoms with van der Waals surface area (Å²) in [7, 11) is 2.67. The van der Waals surface area contributed by atoms with E-state index in [0.29, 0.717) is 57.5 Å². The lowest BCUT2D eigenvalue weighted by Gasteiger charge is -2.26. The first-order valence-corrected chi connectivity index (χ1v) is 32.6. The molecule has 498 valence electrons. The predicted octanol–water partition coefficient (Wildman–Crippen LogP) is 6.25. The van der Waals surface area contributed by atoms with Gasteiger partial charge in [-0.15, -0.1) is 0 Å². The Bertz CT molecular complexity index is 3000. The monoisotopic (exact) mass is 1330 g/mol. The molecule has 1 aromatic carbocycles. The number of nitrogens with zero attached hydrogens (tertiary/aromatic N) is 6. The van der Waals surface area contributed by atoms with Gasteiger partial charge in [0.15, 0.2) is 5.78 Å². The van der Waals surface area contributed by atoms with E-state index in [2.05, 4.69) is 67.3 Å². The van der Waals surface area contributed by atoms with E-state index in [0.717, 1.165) is 44.9 Å². The first-order valence-electron chi connectivity index (χ1n) is 31.8. The van der Waals surface area contributed by atoms with E-state index in [1.54, 1.807) is 47.6 Å². The number of methoxy groups -OCH3 is 2. The lowest BCUT2D eigenvalue weighted by atomic mass is 10.0. The second-order valence-electron chi connectivity index (χ2n) is 22.6. The number of carbonyl (C=O) groups is 9. The van der Waals surface area contributed by atoms with Gasteiger partial charge >= 0.3 is 11.9 Å². The summed E-state index contributed by atoms with van der Waals surface area (Å²) < 4.78 is 33.3. The van der Waals surface area contributed by atoms with Crippen LogP contribution in [0.15, 0.2) is 53.4 Å². The third-order valence-corrected chi connectivity index (χ3v) is 16.0. The van der Waals surface area contributed by atoms with E-state index in [-0.39, 0.29) is 157 Å². The maximum Gasteiger partial charge on any atom is 0.328 e. The Hall–Kier alpha value is -7.33. The largest absolute Gasteiger partial charge is 0.469 e. The van der Waals surface area contributed by atoms with Gasteiger partial charge in [0, 0.05) is 68.7 Å². The summed E-state index contributed by atoms with van der Waals surface area (Å²) >= 11 is 3.32. The molecule has 6 rings (SSSR count). The quantitative estimate of drug-likeness (QED) is 0.0141. The van der Waals surface area contributed by atoms with E-state index < -0.39 is 18.1 Å². The summed E-state index contributed by atoms with van der Waals surface area (Å²) in [5.41, 5.74) is 2.14. The van der Waals surface area contributed by atoms with Crippen LogP contribution < -0.4 is 26.6 Å². The Morgan fingerprint density at radius 3 is 1.84 bits per heavy atom. The Balaban J connectivity index is 0.726. The van der Waals surface area contributed by atoms with Crippen LogP contribution in [0, 0.1) is 5.92 Å². The second-order valence-corrected chi connectivity index (χ2v) is 23.5. The number of amides is 6. The van der Waals surface area contributed by atoms with Crippen LogP contribution >= 0.6 is 15.9 Å². The van der Waals surface area contributed by atoms with Crippen LogP contribution in [0.1, 0.15) is 152 Å². The minimum Gasteiger partial charge on any atom is -0.469 e. The highest BCUT2D eigenvalue weighted by atomic mass is 79.9. The van der Waals surface area contributed by atoms with Gasteiger partial charge in [0.25, 0.3) is 0 Å². The zero-order valence-electron chi connectivity index (χ0n) is 52.7. The van der Waals surface area contributed by atoms with Gasteiger partial charge in [-0.3, -0.25) is 43.0 Å². The van der Waals surface area contributed by atoms with Gasteiger partial charge in [0.1, 0.15) is 53.8 Å². The van der Waals surface area contributed by atoms with Crippen molar-refractivity contribution in [2.24, 2.45) is 5.92 Å². The number of aromatic nitrogens is 5. The van der Waals surface area contributed by atoms with E-state index in [1.165, 1.54) is 77.2 Å². The van der Waals surface area contributed by atoms with Crippen molar-refractivity contribution >= 4 is 85.8 Å². The molecule has 26 nitrogen and oxygen atoms in total. The molecule has 5 N–H and O–H groups in total. The number of hydrogen-bond acceptors (Lipinski definition) is 19. The Morgan fingerprint density at radius 1 is 0.637 bits per heavy atom. The summed E-state index contributed by atoms with van der Waals surface area (Å²) in [6, 6.07) is 9.01. The van der Waals surface area contributed by atoms with Gasteiger partial charge in [0.2, 0.25) is 35.4 Å². The number of unbranched alkanes of at least 4 members (excludes halogenated alkanes) is 13.